The molecule has 0 aliphatic rings. The molecule has 0 radical (unpaired) electrons. The smallest absolute Gasteiger partial charge is 0.229 e. The normalized spacial score (nSPS) is 11.9. The van der Waals surface area contributed by atoms with Crippen LogP contribution in [0.3, 0.4) is 0 Å². The van der Waals surface area contributed by atoms with Crippen LogP contribution < -0.4 is 10.6 Å². The van der Waals surface area contributed by atoms with E-state index in [4.69, 9.17) is 0 Å². The molecule has 0 amide bonds. The summed E-state index contributed by atoms with van der Waals surface area (Å²) in [4.78, 5) is 8.69. The van der Waals surface area contributed by atoms with Crippen LogP contribution >= 0.6 is 0 Å². The number of anilines is 3. The number of nitrogens with one attached hydrogen (secondary N) is 2. The lowest BCUT2D eigenvalue weighted by Gasteiger charge is -2.13. The van der Waals surface area contributed by atoms with Gasteiger partial charge in [-0.15, -0.1) is 0 Å². The van der Waals surface area contributed by atoms with Crippen LogP contribution in [0, 0.1) is 6.92 Å². The van der Waals surface area contributed by atoms with E-state index in [0.717, 1.165) is 17.9 Å². The number of aromatic nitrogens is 2. The van der Waals surface area contributed by atoms with Crippen molar-refractivity contribution >= 4 is 17.5 Å². The molecule has 4 nitrogen and oxygen atoms in total. The fraction of sp³-hybridized carbons (Fsp3) is 0.333. The summed E-state index contributed by atoms with van der Waals surface area (Å²) in [5, 5.41) is 6.55. The SMILES string of the molecule is CCC(C)Nc1ccnc(Nc2cccc(C)c2)n1. The van der Waals surface area contributed by atoms with Gasteiger partial charge in [-0.05, 0) is 44.0 Å². The predicted molar refractivity (Wildman–Crippen MR) is 79.9 cm³/mol. The first-order valence-corrected chi connectivity index (χ1v) is 6.60. The van der Waals surface area contributed by atoms with Crippen LogP contribution in [-0.4, -0.2) is 16.0 Å². The van der Waals surface area contributed by atoms with Crippen LogP contribution in [0.15, 0.2) is 36.5 Å². The first-order valence-electron chi connectivity index (χ1n) is 6.60. The molecule has 2 aromatic rings. The van der Waals surface area contributed by atoms with Crippen LogP contribution in [0.25, 0.3) is 0 Å². The highest BCUT2D eigenvalue weighted by atomic mass is 15.1. The molecule has 2 rings (SSSR count). The summed E-state index contributed by atoms with van der Waals surface area (Å²) >= 11 is 0. The Kier molecular flexibility index (Phi) is 4.34. The van der Waals surface area contributed by atoms with E-state index in [2.05, 4.69) is 53.5 Å². The lowest BCUT2D eigenvalue weighted by molar-refractivity contribution is 0.758. The van der Waals surface area contributed by atoms with Gasteiger partial charge in [-0.25, -0.2) is 4.98 Å². The third-order valence-electron chi connectivity index (χ3n) is 2.94. The average molecular weight is 256 g/mol. The second kappa shape index (κ2) is 6.18. The van der Waals surface area contributed by atoms with Crippen molar-refractivity contribution in [3.05, 3.63) is 42.1 Å². The Balaban J connectivity index is 2.10. The van der Waals surface area contributed by atoms with E-state index in [0.29, 0.717) is 12.0 Å². The van der Waals surface area contributed by atoms with Gasteiger partial charge in [0.1, 0.15) is 5.82 Å². The zero-order valence-electron chi connectivity index (χ0n) is 11.6. The summed E-state index contributed by atoms with van der Waals surface area (Å²) in [7, 11) is 0. The van der Waals surface area contributed by atoms with E-state index < -0.39 is 0 Å². The number of hydrogen-bond acceptors (Lipinski definition) is 4. The topological polar surface area (TPSA) is 49.8 Å². The number of benzene rings is 1. The summed E-state index contributed by atoms with van der Waals surface area (Å²) in [5.41, 5.74) is 2.21. The molecule has 1 heterocycles. The van der Waals surface area contributed by atoms with Gasteiger partial charge < -0.3 is 10.6 Å². The molecule has 0 bridgehead atoms. The Labute approximate surface area is 114 Å². The van der Waals surface area contributed by atoms with Crippen LogP contribution in [0.5, 0.6) is 0 Å². The highest BCUT2D eigenvalue weighted by Crippen LogP contribution is 2.15. The first-order chi connectivity index (χ1) is 9.17. The van der Waals surface area contributed by atoms with E-state index in [1.165, 1.54) is 5.56 Å². The van der Waals surface area contributed by atoms with Gasteiger partial charge in [0.15, 0.2) is 0 Å². The van der Waals surface area contributed by atoms with E-state index in [-0.39, 0.29) is 0 Å². The lowest BCUT2D eigenvalue weighted by Crippen LogP contribution is -2.14. The highest BCUT2D eigenvalue weighted by Gasteiger charge is 2.03. The molecule has 0 aliphatic carbocycles. The molecule has 19 heavy (non-hydrogen) atoms. The fourth-order valence-electron chi connectivity index (χ4n) is 1.71. The lowest BCUT2D eigenvalue weighted by atomic mass is 10.2. The molecule has 4 heteroatoms. The van der Waals surface area contributed by atoms with Gasteiger partial charge in [0.25, 0.3) is 0 Å². The Bertz CT molecular complexity index is 539. The second-order valence-electron chi connectivity index (χ2n) is 4.71. The summed E-state index contributed by atoms with van der Waals surface area (Å²) in [6, 6.07) is 10.4. The maximum absolute atomic E-state index is 4.45. The van der Waals surface area contributed by atoms with Gasteiger partial charge >= 0.3 is 0 Å². The fourth-order valence-corrected chi connectivity index (χ4v) is 1.71. The van der Waals surface area contributed by atoms with Crippen molar-refractivity contribution in [1.29, 1.82) is 0 Å². The van der Waals surface area contributed by atoms with Crippen molar-refractivity contribution in [2.75, 3.05) is 10.6 Å². The van der Waals surface area contributed by atoms with Gasteiger partial charge in [0.05, 0.1) is 0 Å². The zero-order valence-corrected chi connectivity index (χ0v) is 11.6. The maximum Gasteiger partial charge on any atom is 0.229 e. The minimum absolute atomic E-state index is 0.404. The van der Waals surface area contributed by atoms with Gasteiger partial charge in [0, 0.05) is 17.9 Å². The van der Waals surface area contributed by atoms with Crippen molar-refractivity contribution < 1.29 is 0 Å². The molecule has 0 fully saturated rings. The van der Waals surface area contributed by atoms with Gasteiger partial charge in [0.2, 0.25) is 5.95 Å². The van der Waals surface area contributed by atoms with Crippen LogP contribution in [0.1, 0.15) is 25.8 Å². The predicted octanol–water partition coefficient (Wildman–Crippen LogP) is 3.74. The van der Waals surface area contributed by atoms with E-state index in [9.17, 15) is 0 Å². The summed E-state index contributed by atoms with van der Waals surface area (Å²) < 4.78 is 0. The molecular weight excluding hydrogens is 236 g/mol. The molecule has 1 atom stereocenters. The van der Waals surface area contributed by atoms with Crippen LogP contribution in [-0.2, 0) is 0 Å². The molecule has 1 unspecified atom stereocenters. The Morgan fingerprint density at radius 2 is 2.11 bits per heavy atom. The van der Waals surface area contributed by atoms with E-state index in [1.54, 1.807) is 6.20 Å². The van der Waals surface area contributed by atoms with E-state index >= 15 is 0 Å². The minimum Gasteiger partial charge on any atom is -0.367 e. The molecular formula is C15H20N4. The van der Waals surface area contributed by atoms with Gasteiger partial charge in [-0.3, -0.25) is 0 Å². The van der Waals surface area contributed by atoms with Crippen molar-refractivity contribution in [2.45, 2.75) is 33.2 Å². The summed E-state index contributed by atoms with van der Waals surface area (Å²) in [6.45, 7) is 6.34. The van der Waals surface area contributed by atoms with Crippen molar-refractivity contribution in [3.63, 3.8) is 0 Å². The molecule has 100 valence electrons. The third-order valence-corrected chi connectivity index (χ3v) is 2.94. The maximum atomic E-state index is 4.45. The monoisotopic (exact) mass is 256 g/mol. The molecule has 0 spiro atoms. The standard InChI is InChI=1S/C15H20N4/c1-4-12(3)17-14-8-9-16-15(19-14)18-13-7-5-6-11(2)10-13/h5-10,12H,4H2,1-3H3,(H2,16,17,18,19). The minimum atomic E-state index is 0.404. The number of rotatable bonds is 5. The Morgan fingerprint density at radius 1 is 1.26 bits per heavy atom. The Hall–Kier alpha value is -2.10. The van der Waals surface area contributed by atoms with Crippen molar-refractivity contribution in [3.8, 4) is 0 Å². The molecule has 0 aliphatic heterocycles. The van der Waals surface area contributed by atoms with Crippen LogP contribution in [0.2, 0.25) is 0 Å². The number of nitrogens with zero attached hydrogens (tertiary/aromatic N) is 2. The van der Waals surface area contributed by atoms with E-state index in [1.807, 2.05) is 18.2 Å². The first kappa shape index (κ1) is 13.3. The molecule has 0 saturated carbocycles. The largest absolute Gasteiger partial charge is 0.367 e. The van der Waals surface area contributed by atoms with Crippen LogP contribution in [0.4, 0.5) is 17.5 Å². The molecule has 1 aromatic heterocycles. The molecule has 2 N–H and O–H groups in total. The third kappa shape index (κ3) is 3.95. The summed E-state index contributed by atoms with van der Waals surface area (Å²) in [5.74, 6) is 1.46. The zero-order chi connectivity index (χ0) is 13.7. The second-order valence-corrected chi connectivity index (χ2v) is 4.71. The molecule has 1 aromatic carbocycles. The number of aryl methyl sites for hydroxylation is 1. The van der Waals surface area contributed by atoms with Gasteiger partial charge in [-0.2, -0.15) is 4.98 Å². The Morgan fingerprint density at radius 3 is 2.84 bits per heavy atom. The van der Waals surface area contributed by atoms with Crippen molar-refractivity contribution in [1.82, 2.24) is 9.97 Å². The molecule has 0 saturated heterocycles. The van der Waals surface area contributed by atoms with Crippen molar-refractivity contribution in [2.24, 2.45) is 0 Å². The highest BCUT2D eigenvalue weighted by molar-refractivity contribution is 5.55. The van der Waals surface area contributed by atoms with Gasteiger partial charge in [-0.1, -0.05) is 19.1 Å². The average Bonchev–Trinajstić information content (AvgIpc) is 2.39. The number of hydrogen-bond donors (Lipinski definition) is 2. The quantitative estimate of drug-likeness (QED) is 0.855. The summed E-state index contributed by atoms with van der Waals surface area (Å²) in [6.07, 6.45) is 2.82.